The first kappa shape index (κ1) is 44.8. The number of amides is 1. The van der Waals surface area contributed by atoms with Gasteiger partial charge in [0.25, 0.3) is 0 Å². The summed E-state index contributed by atoms with van der Waals surface area (Å²) in [6.45, 7) is 6.41. The fourth-order valence-electron chi connectivity index (χ4n) is 6.27. The number of carbonyl (C=O) groups is 1. The quantitative estimate of drug-likeness (QED) is 0.0729. The normalized spacial score (nSPS) is 10.8. The van der Waals surface area contributed by atoms with Crippen molar-refractivity contribution in [3.8, 4) is 11.5 Å². The summed E-state index contributed by atoms with van der Waals surface area (Å²) >= 11 is 28.5. The highest BCUT2D eigenvalue weighted by Crippen LogP contribution is 2.42. The lowest BCUT2D eigenvalue weighted by Gasteiger charge is -2.15. The molecule has 60 heavy (non-hydrogen) atoms. The van der Waals surface area contributed by atoms with Crippen LogP contribution in [0, 0.1) is 0 Å². The van der Waals surface area contributed by atoms with E-state index in [1.807, 2.05) is 80.6 Å². The molecule has 0 aliphatic heterocycles. The maximum absolute atomic E-state index is 11.2. The Morgan fingerprint density at radius 2 is 1.13 bits per heavy atom. The van der Waals surface area contributed by atoms with E-state index < -0.39 is 0 Å². The van der Waals surface area contributed by atoms with Gasteiger partial charge in [-0.1, -0.05) is 132 Å². The smallest absolute Gasteiger partial charge is 0.221 e. The molecule has 0 aliphatic rings. The zero-order valence-electron chi connectivity index (χ0n) is 33.0. The van der Waals surface area contributed by atoms with Gasteiger partial charge >= 0.3 is 0 Å². The molecule has 0 radical (unpaired) electrons. The number of hydrogen-bond donors (Lipinski definition) is 5. The molecule has 7 nitrogen and oxygen atoms in total. The summed E-state index contributed by atoms with van der Waals surface area (Å²) in [5.74, 6) is -0.0532. The van der Waals surface area contributed by atoms with Gasteiger partial charge in [0.15, 0.2) is 11.5 Å². The molecular weight excluding hydrogens is 874 g/mol. The summed E-state index contributed by atoms with van der Waals surface area (Å²) in [4.78, 5) is 20.0. The number of pyridine rings is 1. The molecule has 0 fully saturated rings. The Kier molecular flexibility index (Phi) is 15.8. The second-order valence-corrected chi connectivity index (χ2v) is 17.3. The average molecular weight is 917 g/mol. The van der Waals surface area contributed by atoms with Crippen molar-refractivity contribution in [2.45, 2.75) is 66.3 Å². The Balaban J connectivity index is 0.000000201. The summed E-state index contributed by atoms with van der Waals surface area (Å²) in [7, 11) is 0. The highest BCUT2D eigenvalue weighted by Gasteiger charge is 2.16. The van der Waals surface area contributed by atoms with Gasteiger partial charge in [-0.2, -0.15) is 0 Å². The van der Waals surface area contributed by atoms with Crippen molar-refractivity contribution in [2.75, 3.05) is 16.0 Å². The van der Waals surface area contributed by atoms with E-state index in [2.05, 4.69) is 57.3 Å². The molecule has 0 saturated heterocycles. The van der Waals surface area contributed by atoms with Gasteiger partial charge in [0.1, 0.15) is 0 Å². The van der Waals surface area contributed by atoms with Gasteiger partial charge < -0.3 is 26.2 Å². The fraction of sp³-hybridized carbons (Fsp3) is 0.149. The summed E-state index contributed by atoms with van der Waals surface area (Å²) in [6.07, 6.45) is 3.11. The number of nitrogens with one attached hydrogen (secondary N) is 3. The molecule has 0 aliphatic carbocycles. The average Bonchev–Trinajstić information content (AvgIpc) is 3.24. The van der Waals surface area contributed by atoms with Crippen molar-refractivity contribution in [3.63, 3.8) is 0 Å². The van der Waals surface area contributed by atoms with Crippen LogP contribution in [0.15, 0.2) is 141 Å². The molecule has 1 heterocycles. The molecule has 0 atom stereocenters. The topological polar surface area (TPSA) is 107 Å². The Hall–Kier alpha value is -4.74. The molecule has 7 rings (SSSR count). The maximum atomic E-state index is 11.2. The van der Waals surface area contributed by atoms with Crippen LogP contribution in [-0.4, -0.2) is 21.1 Å². The van der Waals surface area contributed by atoms with E-state index in [1.54, 1.807) is 41.9 Å². The number of aromatic hydroxyl groups is 2. The molecule has 0 unspecified atom stereocenters. The minimum atomic E-state index is -0.0951. The molecule has 7 aromatic rings. The number of carbonyl (C=O) groups excluding carboxylic acids is 1. The number of anilines is 3. The van der Waals surface area contributed by atoms with Crippen LogP contribution in [0.3, 0.4) is 0 Å². The number of fused-ring (bicyclic) bond motifs is 1. The third-order valence-corrected chi connectivity index (χ3v) is 13.1. The van der Waals surface area contributed by atoms with E-state index >= 15 is 0 Å². The molecule has 1 amide bonds. The number of phenols is 2. The van der Waals surface area contributed by atoms with Crippen LogP contribution in [0.4, 0.5) is 17.1 Å². The summed E-state index contributed by atoms with van der Waals surface area (Å²) in [6, 6.07) is 37.6. The standard InChI is InChI=1S/C24H20Cl2N2OS.C23H22Cl2N2O2S/c1-2-18-19(25)13-21(24(29)23(18)26)28-14-16-6-3-4-8-22(16)30-17-10-9-15-7-5-11-27-20(15)12-17;1-3-18-19(24)12-20(23(29)22(18)25)26-13-15-6-4-5-7-21(15)30-17-10-8-16(9-11-17)27-14(2)28/h3-13,28-29H,2,14H2,1H3;4-12,26,29H,3,13H2,1-2H3,(H,27,28). The van der Waals surface area contributed by atoms with Gasteiger partial charge in [-0.3, -0.25) is 9.78 Å². The first-order valence-corrected chi connectivity index (χ1v) is 22.2. The van der Waals surface area contributed by atoms with Crippen molar-refractivity contribution in [1.29, 1.82) is 0 Å². The molecule has 5 N–H and O–H groups in total. The van der Waals surface area contributed by atoms with Gasteiger partial charge in [0, 0.05) is 66.9 Å². The van der Waals surface area contributed by atoms with E-state index in [4.69, 9.17) is 46.4 Å². The summed E-state index contributed by atoms with van der Waals surface area (Å²) in [5.41, 5.74) is 6.43. The monoisotopic (exact) mass is 914 g/mol. The Bertz CT molecular complexity index is 2630. The van der Waals surface area contributed by atoms with Crippen LogP contribution in [0.2, 0.25) is 20.1 Å². The van der Waals surface area contributed by atoms with Crippen molar-refractivity contribution >= 4 is 104 Å². The zero-order valence-corrected chi connectivity index (χ0v) is 37.6. The molecule has 13 heteroatoms. The van der Waals surface area contributed by atoms with E-state index in [0.29, 0.717) is 52.4 Å². The number of hydrogen-bond acceptors (Lipinski definition) is 8. The van der Waals surface area contributed by atoms with Gasteiger partial charge in [-0.25, -0.2) is 0 Å². The second-order valence-electron chi connectivity index (χ2n) is 13.5. The molecule has 0 saturated carbocycles. The summed E-state index contributed by atoms with van der Waals surface area (Å²) < 4.78 is 0. The van der Waals surface area contributed by atoms with Crippen LogP contribution in [0.25, 0.3) is 10.9 Å². The van der Waals surface area contributed by atoms with Gasteiger partial charge in [0.05, 0.1) is 26.9 Å². The lowest BCUT2D eigenvalue weighted by Crippen LogP contribution is -2.05. The number of phenolic OH excluding ortho intramolecular Hbond substituents is 2. The number of rotatable bonds is 13. The second kappa shape index (κ2) is 21.2. The van der Waals surface area contributed by atoms with Crippen molar-refractivity contribution in [1.82, 2.24) is 4.98 Å². The van der Waals surface area contributed by atoms with Crippen molar-refractivity contribution in [2.24, 2.45) is 0 Å². The van der Waals surface area contributed by atoms with Gasteiger partial charge in [-0.15, -0.1) is 0 Å². The Labute approximate surface area is 378 Å². The van der Waals surface area contributed by atoms with Gasteiger partial charge in [-0.05, 0) is 102 Å². The van der Waals surface area contributed by atoms with Crippen LogP contribution < -0.4 is 16.0 Å². The lowest BCUT2D eigenvalue weighted by molar-refractivity contribution is -0.114. The SMILES string of the molecule is CCc1c(Cl)cc(NCc2ccccc2Sc2ccc(NC(C)=O)cc2)c(O)c1Cl.CCc1c(Cl)cc(NCc2ccccc2Sc2ccc3cccnc3c2)c(O)c1Cl. The van der Waals surface area contributed by atoms with Crippen LogP contribution in [-0.2, 0) is 30.7 Å². The van der Waals surface area contributed by atoms with Gasteiger partial charge in [0.2, 0.25) is 5.91 Å². The summed E-state index contributed by atoms with van der Waals surface area (Å²) in [5, 5.41) is 32.9. The zero-order chi connectivity index (χ0) is 42.8. The maximum Gasteiger partial charge on any atom is 0.221 e. The number of nitrogens with zero attached hydrogens (tertiary/aromatic N) is 1. The molecule has 0 bridgehead atoms. The van der Waals surface area contributed by atoms with Crippen molar-refractivity contribution in [3.05, 3.63) is 164 Å². The fourth-order valence-corrected chi connectivity index (χ4v) is 9.64. The van der Waals surface area contributed by atoms with E-state index in [9.17, 15) is 15.0 Å². The highest BCUT2D eigenvalue weighted by atomic mass is 35.5. The van der Waals surface area contributed by atoms with E-state index in [-0.39, 0.29) is 22.4 Å². The third-order valence-electron chi connectivity index (χ3n) is 9.37. The third kappa shape index (κ3) is 11.3. The minimum Gasteiger partial charge on any atom is -0.504 e. The minimum absolute atomic E-state index is 0.0108. The van der Waals surface area contributed by atoms with Crippen molar-refractivity contribution < 1.29 is 15.0 Å². The lowest BCUT2D eigenvalue weighted by atomic mass is 10.1. The molecule has 1 aromatic heterocycles. The molecule has 0 spiro atoms. The number of halogens is 4. The van der Waals surface area contributed by atoms with Crippen LogP contribution in [0.1, 0.15) is 43.0 Å². The molecule has 308 valence electrons. The van der Waals surface area contributed by atoms with E-state index in [0.717, 1.165) is 58.4 Å². The first-order valence-electron chi connectivity index (χ1n) is 19.1. The molecule has 6 aromatic carbocycles. The molecular formula is C47H42Cl4N4O3S2. The van der Waals surface area contributed by atoms with E-state index in [1.165, 1.54) is 6.92 Å². The highest BCUT2D eigenvalue weighted by molar-refractivity contribution is 7.99. The Morgan fingerprint density at radius 3 is 1.65 bits per heavy atom. The Morgan fingerprint density at radius 1 is 0.633 bits per heavy atom. The predicted molar refractivity (Wildman–Crippen MR) is 253 cm³/mol. The van der Waals surface area contributed by atoms with Crippen LogP contribution >= 0.6 is 69.9 Å². The first-order chi connectivity index (χ1) is 28.9. The number of aromatic nitrogens is 1. The predicted octanol–water partition coefficient (Wildman–Crippen LogP) is 14.6. The number of benzene rings is 6. The van der Waals surface area contributed by atoms with Crippen LogP contribution in [0.5, 0.6) is 11.5 Å². The largest absolute Gasteiger partial charge is 0.504 e.